The standard InChI is InChI=1S/C24H19BrINO5/c1-31-21-13-16(11-19(26)22(21)32-14-15-7-9-18(25)10-8-15)12-20(24(29)30)27-23(28)17-5-3-2-4-6-17/h2-13H,14H2,1H3,(H,27,28)(H,29,30). The number of amides is 1. The average molecular weight is 608 g/mol. The van der Waals surface area contributed by atoms with Gasteiger partial charge in [0.05, 0.1) is 10.7 Å². The molecule has 2 N–H and O–H groups in total. The van der Waals surface area contributed by atoms with Gasteiger partial charge in [-0.15, -0.1) is 0 Å². The van der Waals surface area contributed by atoms with E-state index in [1.807, 2.05) is 24.3 Å². The summed E-state index contributed by atoms with van der Waals surface area (Å²) < 4.78 is 13.2. The molecule has 0 unspecified atom stereocenters. The Balaban J connectivity index is 1.83. The highest BCUT2D eigenvalue weighted by atomic mass is 127. The van der Waals surface area contributed by atoms with Gasteiger partial charge < -0.3 is 19.9 Å². The van der Waals surface area contributed by atoms with Crippen molar-refractivity contribution in [1.82, 2.24) is 5.32 Å². The monoisotopic (exact) mass is 607 g/mol. The summed E-state index contributed by atoms with van der Waals surface area (Å²) in [4.78, 5) is 24.1. The lowest BCUT2D eigenvalue weighted by Crippen LogP contribution is -2.27. The number of nitrogens with one attached hydrogen (secondary N) is 1. The van der Waals surface area contributed by atoms with Crippen molar-refractivity contribution in [3.8, 4) is 11.5 Å². The molecule has 0 bridgehead atoms. The zero-order valence-electron chi connectivity index (χ0n) is 17.0. The van der Waals surface area contributed by atoms with Gasteiger partial charge in [-0.05, 0) is 76.2 Å². The molecule has 3 aromatic carbocycles. The molecule has 8 heteroatoms. The van der Waals surface area contributed by atoms with Crippen LogP contribution in [0, 0.1) is 3.57 Å². The van der Waals surface area contributed by atoms with Crippen LogP contribution < -0.4 is 14.8 Å². The van der Waals surface area contributed by atoms with Crippen molar-refractivity contribution in [3.63, 3.8) is 0 Å². The summed E-state index contributed by atoms with van der Waals surface area (Å²) >= 11 is 5.51. The summed E-state index contributed by atoms with van der Waals surface area (Å²) in [6, 6.07) is 19.6. The number of halogens is 2. The minimum Gasteiger partial charge on any atom is -0.493 e. The number of carboxylic acid groups (broad SMARTS) is 1. The number of benzene rings is 3. The normalized spacial score (nSPS) is 11.0. The van der Waals surface area contributed by atoms with Crippen molar-refractivity contribution in [2.75, 3.05) is 7.11 Å². The van der Waals surface area contributed by atoms with Gasteiger partial charge in [-0.25, -0.2) is 4.79 Å². The third kappa shape index (κ3) is 6.33. The van der Waals surface area contributed by atoms with E-state index in [1.165, 1.54) is 13.2 Å². The van der Waals surface area contributed by atoms with E-state index in [2.05, 4.69) is 43.8 Å². The maximum Gasteiger partial charge on any atom is 0.352 e. The fourth-order valence-corrected chi connectivity index (χ4v) is 3.85. The molecular formula is C24H19BrINO5. The average Bonchev–Trinajstić information content (AvgIpc) is 2.79. The smallest absolute Gasteiger partial charge is 0.352 e. The van der Waals surface area contributed by atoms with E-state index in [0.717, 1.165) is 13.6 Å². The first kappa shape index (κ1) is 23.8. The van der Waals surface area contributed by atoms with Crippen molar-refractivity contribution in [1.29, 1.82) is 0 Å². The highest BCUT2D eigenvalue weighted by Crippen LogP contribution is 2.35. The number of rotatable bonds is 8. The Hall–Kier alpha value is -2.85. The lowest BCUT2D eigenvalue weighted by Gasteiger charge is -2.14. The summed E-state index contributed by atoms with van der Waals surface area (Å²) in [7, 11) is 1.51. The molecule has 0 saturated heterocycles. The second-order valence-electron chi connectivity index (χ2n) is 6.63. The highest BCUT2D eigenvalue weighted by Gasteiger charge is 2.16. The van der Waals surface area contributed by atoms with E-state index in [-0.39, 0.29) is 5.70 Å². The Morgan fingerprint density at radius 1 is 1.09 bits per heavy atom. The third-order valence-corrected chi connectivity index (χ3v) is 5.70. The van der Waals surface area contributed by atoms with Gasteiger partial charge in [-0.3, -0.25) is 4.79 Å². The quantitative estimate of drug-likeness (QED) is 0.261. The molecule has 3 rings (SSSR count). The summed E-state index contributed by atoms with van der Waals surface area (Å²) in [5.74, 6) is -0.744. The summed E-state index contributed by atoms with van der Waals surface area (Å²) in [5.41, 5.74) is 1.66. The topological polar surface area (TPSA) is 84.9 Å². The van der Waals surface area contributed by atoms with Crippen molar-refractivity contribution in [2.45, 2.75) is 6.61 Å². The Kier molecular flexibility index (Phi) is 8.29. The van der Waals surface area contributed by atoms with E-state index in [1.54, 1.807) is 42.5 Å². The Labute approximate surface area is 207 Å². The van der Waals surface area contributed by atoms with Crippen molar-refractivity contribution in [3.05, 3.63) is 97.2 Å². The molecule has 0 aromatic heterocycles. The molecule has 0 aliphatic heterocycles. The molecule has 0 heterocycles. The van der Waals surface area contributed by atoms with E-state index < -0.39 is 11.9 Å². The summed E-state index contributed by atoms with van der Waals surface area (Å²) in [6.45, 7) is 0.350. The number of ether oxygens (including phenoxy) is 2. The molecule has 0 radical (unpaired) electrons. The minimum absolute atomic E-state index is 0.250. The van der Waals surface area contributed by atoms with Gasteiger partial charge in [0.1, 0.15) is 12.3 Å². The van der Waals surface area contributed by atoms with Crippen LogP contribution in [0.2, 0.25) is 0 Å². The molecule has 6 nitrogen and oxygen atoms in total. The van der Waals surface area contributed by atoms with Gasteiger partial charge in [0, 0.05) is 10.0 Å². The number of carbonyl (C=O) groups excluding carboxylic acids is 1. The lowest BCUT2D eigenvalue weighted by molar-refractivity contribution is -0.132. The second kappa shape index (κ2) is 11.1. The minimum atomic E-state index is -1.25. The van der Waals surface area contributed by atoms with E-state index in [9.17, 15) is 14.7 Å². The van der Waals surface area contributed by atoms with Crippen LogP contribution in [0.4, 0.5) is 0 Å². The van der Waals surface area contributed by atoms with Gasteiger partial charge in [0.15, 0.2) is 11.5 Å². The molecule has 164 valence electrons. The van der Waals surface area contributed by atoms with E-state index >= 15 is 0 Å². The van der Waals surface area contributed by atoms with Crippen LogP contribution in [-0.2, 0) is 11.4 Å². The first-order valence-corrected chi connectivity index (χ1v) is 11.3. The van der Waals surface area contributed by atoms with Crippen LogP contribution in [0.25, 0.3) is 6.08 Å². The zero-order chi connectivity index (χ0) is 23.1. The molecule has 32 heavy (non-hydrogen) atoms. The van der Waals surface area contributed by atoms with Crippen molar-refractivity contribution < 1.29 is 24.2 Å². The van der Waals surface area contributed by atoms with E-state index in [4.69, 9.17) is 9.47 Å². The largest absolute Gasteiger partial charge is 0.493 e. The number of methoxy groups -OCH3 is 1. The van der Waals surface area contributed by atoms with Gasteiger partial charge in [0.25, 0.3) is 5.91 Å². The molecule has 0 aliphatic rings. The maximum absolute atomic E-state index is 12.4. The molecule has 0 atom stereocenters. The van der Waals surface area contributed by atoms with Gasteiger partial charge in [-0.1, -0.05) is 46.3 Å². The van der Waals surface area contributed by atoms with Crippen LogP contribution in [0.1, 0.15) is 21.5 Å². The van der Waals surface area contributed by atoms with Gasteiger partial charge >= 0.3 is 5.97 Å². The SMILES string of the molecule is COc1cc(C=C(NC(=O)c2ccccc2)C(=O)O)cc(I)c1OCc1ccc(Br)cc1. The van der Waals surface area contributed by atoms with E-state index in [0.29, 0.717) is 29.2 Å². The predicted molar refractivity (Wildman–Crippen MR) is 134 cm³/mol. The molecule has 3 aromatic rings. The second-order valence-corrected chi connectivity index (χ2v) is 8.71. The Morgan fingerprint density at radius 3 is 2.41 bits per heavy atom. The van der Waals surface area contributed by atoms with Crippen LogP contribution >= 0.6 is 38.5 Å². The molecule has 0 aliphatic carbocycles. The molecule has 0 fully saturated rings. The number of hydrogen-bond donors (Lipinski definition) is 2. The fraction of sp³-hybridized carbons (Fsp3) is 0.0833. The van der Waals surface area contributed by atoms with Crippen LogP contribution in [0.3, 0.4) is 0 Å². The molecule has 0 spiro atoms. The number of carbonyl (C=O) groups is 2. The van der Waals surface area contributed by atoms with Gasteiger partial charge in [-0.2, -0.15) is 0 Å². The predicted octanol–water partition coefficient (Wildman–Crippen LogP) is 5.50. The molecule has 0 saturated carbocycles. The number of aliphatic carboxylic acids is 1. The van der Waals surface area contributed by atoms with Crippen LogP contribution in [-0.4, -0.2) is 24.1 Å². The Morgan fingerprint density at radius 2 is 1.78 bits per heavy atom. The maximum atomic E-state index is 12.4. The highest BCUT2D eigenvalue weighted by molar-refractivity contribution is 14.1. The first-order chi connectivity index (χ1) is 15.4. The molecule has 1 amide bonds. The van der Waals surface area contributed by atoms with Crippen molar-refractivity contribution >= 4 is 56.5 Å². The number of carboxylic acids is 1. The van der Waals surface area contributed by atoms with Gasteiger partial charge in [0.2, 0.25) is 0 Å². The first-order valence-electron chi connectivity index (χ1n) is 9.43. The zero-order valence-corrected chi connectivity index (χ0v) is 20.7. The fourth-order valence-electron chi connectivity index (χ4n) is 2.80. The van der Waals surface area contributed by atoms with Crippen molar-refractivity contribution in [2.24, 2.45) is 0 Å². The molecular weight excluding hydrogens is 589 g/mol. The Bertz CT molecular complexity index is 1150. The summed E-state index contributed by atoms with van der Waals surface area (Å²) in [5, 5.41) is 12.0. The summed E-state index contributed by atoms with van der Waals surface area (Å²) in [6.07, 6.45) is 1.38. The number of hydrogen-bond acceptors (Lipinski definition) is 4. The van der Waals surface area contributed by atoms with Crippen LogP contribution in [0.5, 0.6) is 11.5 Å². The third-order valence-electron chi connectivity index (χ3n) is 4.37. The van der Waals surface area contributed by atoms with Crippen LogP contribution in [0.15, 0.2) is 76.9 Å². The lowest BCUT2D eigenvalue weighted by atomic mass is 10.1.